The van der Waals surface area contributed by atoms with Crippen LogP contribution in [0.5, 0.6) is 0 Å². The highest BCUT2D eigenvalue weighted by Gasteiger charge is 2.26. The van der Waals surface area contributed by atoms with Gasteiger partial charge in [-0.1, -0.05) is 12.1 Å². The smallest absolute Gasteiger partial charge is 0.273 e. The van der Waals surface area contributed by atoms with E-state index in [-0.39, 0.29) is 23.9 Å². The largest absolute Gasteiger partial charge is 0.339 e. The van der Waals surface area contributed by atoms with Crippen molar-refractivity contribution in [1.29, 1.82) is 0 Å². The van der Waals surface area contributed by atoms with Crippen LogP contribution in [0.15, 0.2) is 42.6 Å². The molecule has 0 aliphatic carbocycles. The Hall–Kier alpha value is -3.29. The number of hydrogen-bond acceptors (Lipinski definition) is 5. The van der Waals surface area contributed by atoms with Gasteiger partial charge in [-0.2, -0.15) is 0 Å². The summed E-state index contributed by atoms with van der Waals surface area (Å²) >= 11 is 0. The molecular formula is C19H20N4O4. The molecule has 0 atom stereocenters. The van der Waals surface area contributed by atoms with Gasteiger partial charge < -0.3 is 9.80 Å². The van der Waals surface area contributed by atoms with Crippen molar-refractivity contribution in [1.82, 2.24) is 14.8 Å². The quantitative estimate of drug-likeness (QED) is 0.606. The summed E-state index contributed by atoms with van der Waals surface area (Å²) in [6.07, 6.45) is 1.89. The first-order valence-corrected chi connectivity index (χ1v) is 8.67. The molecule has 3 rings (SSSR count). The van der Waals surface area contributed by atoms with E-state index in [4.69, 9.17) is 0 Å². The lowest BCUT2D eigenvalue weighted by molar-refractivity contribution is -0.385. The molecule has 0 bridgehead atoms. The number of aromatic nitrogens is 1. The van der Waals surface area contributed by atoms with Gasteiger partial charge in [0.15, 0.2) is 0 Å². The van der Waals surface area contributed by atoms with E-state index in [1.807, 2.05) is 12.1 Å². The summed E-state index contributed by atoms with van der Waals surface area (Å²) in [5.74, 6) is -0.276. The normalized spacial score (nSPS) is 14.1. The SMILES string of the molecule is Cc1ccc(C(=O)N2CCN(C(=O)Cc3ccccn3)CC2)cc1[N+](=O)[O-]. The molecule has 8 nitrogen and oxygen atoms in total. The van der Waals surface area contributed by atoms with E-state index in [2.05, 4.69) is 4.98 Å². The summed E-state index contributed by atoms with van der Waals surface area (Å²) < 4.78 is 0. The van der Waals surface area contributed by atoms with Crippen LogP contribution < -0.4 is 0 Å². The Balaban J connectivity index is 1.60. The first kappa shape index (κ1) is 18.5. The van der Waals surface area contributed by atoms with Gasteiger partial charge in [-0.05, 0) is 25.1 Å². The number of hydrogen-bond donors (Lipinski definition) is 0. The molecule has 1 aromatic heterocycles. The molecule has 2 heterocycles. The predicted molar refractivity (Wildman–Crippen MR) is 98.3 cm³/mol. The van der Waals surface area contributed by atoms with Gasteiger partial charge in [-0.25, -0.2) is 0 Å². The minimum absolute atomic E-state index is 0.0215. The number of amides is 2. The van der Waals surface area contributed by atoms with E-state index >= 15 is 0 Å². The molecule has 1 aromatic carbocycles. The topological polar surface area (TPSA) is 96.7 Å². The van der Waals surface area contributed by atoms with Crippen LogP contribution in [-0.4, -0.2) is 57.7 Å². The minimum atomic E-state index is -0.486. The number of nitro benzene ring substituents is 1. The van der Waals surface area contributed by atoms with Crippen molar-refractivity contribution in [2.75, 3.05) is 26.2 Å². The maximum Gasteiger partial charge on any atom is 0.273 e. The molecule has 0 spiro atoms. The van der Waals surface area contributed by atoms with Gasteiger partial charge in [0, 0.05) is 55.3 Å². The van der Waals surface area contributed by atoms with E-state index in [0.29, 0.717) is 43.0 Å². The maximum absolute atomic E-state index is 12.6. The molecule has 27 heavy (non-hydrogen) atoms. The van der Waals surface area contributed by atoms with E-state index in [1.54, 1.807) is 41.1 Å². The highest BCUT2D eigenvalue weighted by atomic mass is 16.6. The number of rotatable bonds is 4. The highest BCUT2D eigenvalue weighted by Crippen LogP contribution is 2.20. The third-order valence-electron chi connectivity index (χ3n) is 4.63. The van der Waals surface area contributed by atoms with Crippen molar-refractivity contribution in [3.63, 3.8) is 0 Å². The zero-order chi connectivity index (χ0) is 19.4. The van der Waals surface area contributed by atoms with Crippen molar-refractivity contribution in [3.05, 3.63) is 69.5 Å². The maximum atomic E-state index is 12.6. The third kappa shape index (κ3) is 4.28. The second-order valence-corrected chi connectivity index (χ2v) is 6.43. The fourth-order valence-corrected chi connectivity index (χ4v) is 3.05. The van der Waals surface area contributed by atoms with E-state index in [0.717, 1.165) is 0 Å². The number of pyridine rings is 1. The lowest BCUT2D eigenvalue weighted by Crippen LogP contribution is -2.51. The first-order valence-electron chi connectivity index (χ1n) is 8.67. The second kappa shape index (κ2) is 7.94. The van der Waals surface area contributed by atoms with Gasteiger partial charge in [0.1, 0.15) is 0 Å². The number of carbonyl (C=O) groups excluding carboxylic acids is 2. The number of piperazine rings is 1. The summed E-state index contributed by atoms with van der Waals surface area (Å²) in [6.45, 7) is 3.30. The van der Waals surface area contributed by atoms with Gasteiger partial charge in [-0.15, -0.1) is 0 Å². The molecule has 1 aliphatic heterocycles. The molecule has 1 saturated heterocycles. The van der Waals surface area contributed by atoms with Crippen molar-refractivity contribution in [2.24, 2.45) is 0 Å². The number of nitrogens with zero attached hydrogens (tertiary/aromatic N) is 4. The lowest BCUT2D eigenvalue weighted by Gasteiger charge is -2.34. The van der Waals surface area contributed by atoms with Crippen LogP contribution >= 0.6 is 0 Å². The Morgan fingerprint density at radius 2 is 1.81 bits per heavy atom. The molecule has 0 saturated carbocycles. The second-order valence-electron chi connectivity index (χ2n) is 6.43. The highest BCUT2D eigenvalue weighted by molar-refractivity contribution is 5.95. The molecule has 1 aliphatic rings. The zero-order valence-corrected chi connectivity index (χ0v) is 15.0. The Morgan fingerprint density at radius 3 is 2.44 bits per heavy atom. The van der Waals surface area contributed by atoms with Gasteiger partial charge in [0.25, 0.3) is 11.6 Å². The van der Waals surface area contributed by atoms with Crippen LogP contribution in [0, 0.1) is 17.0 Å². The Bertz CT molecular complexity index is 861. The fourth-order valence-electron chi connectivity index (χ4n) is 3.05. The molecule has 2 amide bonds. The molecule has 140 valence electrons. The molecule has 1 fully saturated rings. The number of aryl methyl sites for hydroxylation is 1. The molecule has 0 radical (unpaired) electrons. The van der Waals surface area contributed by atoms with Crippen LogP contribution in [0.3, 0.4) is 0 Å². The van der Waals surface area contributed by atoms with E-state index in [9.17, 15) is 19.7 Å². The molecule has 8 heteroatoms. The van der Waals surface area contributed by atoms with Crippen LogP contribution in [0.25, 0.3) is 0 Å². The van der Waals surface area contributed by atoms with Gasteiger partial charge >= 0.3 is 0 Å². The summed E-state index contributed by atoms with van der Waals surface area (Å²) in [7, 11) is 0. The number of carbonyl (C=O) groups is 2. The van der Waals surface area contributed by atoms with Crippen LogP contribution in [0.4, 0.5) is 5.69 Å². The number of nitro groups is 1. The van der Waals surface area contributed by atoms with Crippen molar-refractivity contribution in [2.45, 2.75) is 13.3 Å². The van der Waals surface area contributed by atoms with Crippen molar-refractivity contribution in [3.8, 4) is 0 Å². The van der Waals surface area contributed by atoms with Gasteiger partial charge in [0.2, 0.25) is 5.91 Å². The first-order chi connectivity index (χ1) is 13.0. The molecule has 0 N–H and O–H groups in total. The number of benzene rings is 1. The molecule has 0 unspecified atom stereocenters. The summed E-state index contributed by atoms with van der Waals surface area (Å²) in [6, 6.07) is 9.94. The van der Waals surface area contributed by atoms with Crippen LogP contribution in [-0.2, 0) is 11.2 Å². The third-order valence-corrected chi connectivity index (χ3v) is 4.63. The van der Waals surface area contributed by atoms with E-state index < -0.39 is 4.92 Å². The Kier molecular flexibility index (Phi) is 5.44. The monoisotopic (exact) mass is 368 g/mol. The Labute approximate surface area is 156 Å². The zero-order valence-electron chi connectivity index (χ0n) is 15.0. The predicted octanol–water partition coefficient (Wildman–Crippen LogP) is 1.83. The van der Waals surface area contributed by atoms with Crippen molar-refractivity contribution >= 4 is 17.5 Å². The molecular weight excluding hydrogens is 348 g/mol. The molecule has 2 aromatic rings. The standard InChI is InChI=1S/C19H20N4O4/c1-14-5-6-15(12-17(14)23(26)27)19(25)22-10-8-21(9-11-22)18(24)13-16-4-2-3-7-20-16/h2-7,12H,8-11,13H2,1H3. The minimum Gasteiger partial charge on any atom is -0.339 e. The van der Waals surface area contributed by atoms with Crippen molar-refractivity contribution < 1.29 is 14.5 Å². The average Bonchev–Trinajstić information content (AvgIpc) is 2.68. The van der Waals surface area contributed by atoms with Gasteiger partial charge in [0.05, 0.1) is 11.3 Å². The van der Waals surface area contributed by atoms with E-state index in [1.165, 1.54) is 6.07 Å². The summed E-state index contributed by atoms with van der Waals surface area (Å²) in [4.78, 5) is 43.1. The Morgan fingerprint density at radius 1 is 1.11 bits per heavy atom. The van der Waals surface area contributed by atoms with Gasteiger partial charge in [-0.3, -0.25) is 24.7 Å². The summed E-state index contributed by atoms with van der Waals surface area (Å²) in [5, 5.41) is 11.1. The fraction of sp³-hybridized carbons (Fsp3) is 0.316. The van der Waals surface area contributed by atoms with Crippen LogP contribution in [0.2, 0.25) is 0 Å². The average molecular weight is 368 g/mol. The lowest BCUT2D eigenvalue weighted by atomic mass is 10.1. The summed E-state index contributed by atoms with van der Waals surface area (Å²) in [5.41, 5.74) is 1.46. The van der Waals surface area contributed by atoms with Crippen LogP contribution in [0.1, 0.15) is 21.6 Å².